The number of hydrogen-bond donors (Lipinski definition) is 2. The largest absolute Gasteiger partial charge is 0.481 e. The molecule has 0 aromatic heterocycles. The third-order valence-corrected chi connectivity index (χ3v) is 7.31. The summed E-state index contributed by atoms with van der Waals surface area (Å²) in [5, 5.41) is 12.8. The number of carboxylic acid groups (broad SMARTS) is 1. The van der Waals surface area contributed by atoms with Gasteiger partial charge in [0.05, 0.1) is 23.8 Å². The van der Waals surface area contributed by atoms with Gasteiger partial charge >= 0.3 is 5.97 Å². The van der Waals surface area contributed by atoms with Crippen molar-refractivity contribution in [3.05, 3.63) is 101 Å². The monoisotopic (exact) mass is 509 g/mol. The molecule has 2 aliphatic rings. The molecule has 5 rings (SSSR count). The van der Waals surface area contributed by atoms with E-state index in [1.165, 1.54) is 0 Å². The number of allylic oxidation sites excluding steroid dienone is 1. The summed E-state index contributed by atoms with van der Waals surface area (Å²) >= 11 is 0. The SMILES string of the molecule is CN(C)c1ccc([C@@H]2CC(=O)C3=C(C2)Nc2ccccc2N(C(=O)CCC(=O)O)[C@H]3c2ccccc2)cc1. The minimum atomic E-state index is -1.03. The van der Waals surface area contributed by atoms with Crippen molar-refractivity contribution < 1.29 is 19.5 Å². The van der Waals surface area contributed by atoms with E-state index in [4.69, 9.17) is 0 Å². The summed E-state index contributed by atoms with van der Waals surface area (Å²) in [5.74, 6) is -1.38. The second kappa shape index (κ2) is 10.5. The van der Waals surface area contributed by atoms with Crippen LogP contribution in [-0.2, 0) is 14.4 Å². The fourth-order valence-corrected chi connectivity index (χ4v) is 5.43. The van der Waals surface area contributed by atoms with Crippen molar-refractivity contribution in [2.45, 2.75) is 37.6 Å². The number of Topliss-reactive ketones (excluding diaryl/α,β-unsaturated/α-hetero) is 1. The molecule has 7 heteroatoms. The van der Waals surface area contributed by atoms with Gasteiger partial charge in [-0.3, -0.25) is 19.3 Å². The zero-order chi connectivity index (χ0) is 26.8. The molecule has 3 aromatic carbocycles. The first-order chi connectivity index (χ1) is 18.3. The lowest BCUT2D eigenvalue weighted by Gasteiger charge is -2.35. The molecule has 1 amide bonds. The zero-order valence-corrected chi connectivity index (χ0v) is 21.6. The molecule has 0 saturated heterocycles. The molecule has 194 valence electrons. The number of aliphatic carboxylic acids is 1. The molecule has 1 heterocycles. The van der Waals surface area contributed by atoms with E-state index < -0.39 is 12.0 Å². The first-order valence-electron chi connectivity index (χ1n) is 12.8. The molecule has 0 fully saturated rings. The Hall–Kier alpha value is -4.39. The number of hydrogen-bond acceptors (Lipinski definition) is 5. The Labute approximate surface area is 222 Å². The summed E-state index contributed by atoms with van der Waals surface area (Å²) in [6, 6.07) is 24.6. The van der Waals surface area contributed by atoms with Crippen LogP contribution >= 0.6 is 0 Å². The van der Waals surface area contributed by atoms with E-state index in [1.807, 2.05) is 73.6 Å². The number of carbonyl (C=O) groups is 3. The second-order valence-electron chi connectivity index (χ2n) is 10.0. The standard InChI is InChI=1S/C31H31N3O4/c1-33(2)23-14-12-20(13-15-23)22-18-25-30(27(35)19-22)31(21-8-4-3-5-9-21)34(28(36)16-17-29(37)38)26-11-7-6-10-24(26)32-25/h3-15,22,31-32H,16-19H2,1-2H3,(H,37,38)/t22-,31-/m0/s1. The minimum Gasteiger partial charge on any atom is -0.481 e. The minimum absolute atomic E-state index is 0.00260. The molecule has 2 N–H and O–H groups in total. The van der Waals surface area contributed by atoms with Gasteiger partial charge in [-0.05, 0) is 47.7 Å². The molecular weight excluding hydrogens is 478 g/mol. The number of ketones is 1. The van der Waals surface area contributed by atoms with E-state index in [1.54, 1.807) is 4.90 Å². The maximum absolute atomic E-state index is 14.0. The number of benzene rings is 3. The number of rotatable bonds is 6. The molecular formula is C31H31N3O4. The van der Waals surface area contributed by atoms with Crippen molar-refractivity contribution >= 4 is 34.7 Å². The van der Waals surface area contributed by atoms with E-state index in [2.05, 4.69) is 29.6 Å². The van der Waals surface area contributed by atoms with E-state index in [0.717, 1.165) is 28.2 Å². The van der Waals surface area contributed by atoms with Gasteiger partial charge in [0.25, 0.3) is 0 Å². The van der Waals surface area contributed by atoms with Crippen LogP contribution in [0.15, 0.2) is 90.1 Å². The molecule has 7 nitrogen and oxygen atoms in total. The number of fused-ring (bicyclic) bond motifs is 1. The van der Waals surface area contributed by atoms with Gasteiger partial charge < -0.3 is 15.3 Å². The van der Waals surface area contributed by atoms with E-state index in [-0.39, 0.29) is 30.4 Å². The summed E-state index contributed by atoms with van der Waals surface area (Å²) < 4.78 is 0. The zero-order valence-electron chi connectivity index (χ0n) is 21.6. The van der Waals surface area contributed by atoms with Gasteiger partial charge in [-0.15, -0.1) is 0 Å². The molecule has 38 heavy (non-hydrogen) atoms. The van der Waals surface area contributed by atoms with Crippen LogP contribution in [0.2, 0.25) is 0 Å². The van der Waals surface area contributed by atoms with Crippen LogP contribution in [0.25, 0.3) is 0 Å². The Morgan fingerprint density at radius 2 is 1.58 bits per heavy atom. The Morgan fingerprint density at radius 3 is 2.26 bits per heavy atom. The second-order valence-corrected chi connectivity index (χ2v) is 10.0. The van der Waals surface area contributed by atoms with Crippen LogP contribution in [0, 0.1) is 0 Å². The highest BCUT2D eigenvalue weighted by Gasteiger charge is 2.41. The van der Waals surface area contributed by atoms with Crippen molar-refractivity contribution in [2.75, 3.05) is 29.2 Å². The van der Waals surface area contributed by atoms with Crippen LogP contribution in [0.1, 0.15) is 48.8 Å². The van der Waals surface area contributed by atoms with Crippen LogP contribution in [0.3, 0.4) is 0 Å². The molecule has 0 bridgehead atoms. The number of para-hydroxylation sites is 2. The lowest BCUT2D eigenvalue weighted by atomic mass is 9.78. The topological polar surface area (TPSA) is 90.0 Å². The predicted octanol–water partition coefficient (Wildman–Crippen LogP) is 5.52. The lowest BCUT2D eigenvalue weighted by Crippen LogP contribution is -2.38. The Morgan fingerprint density at radius 1 is 0.895 bits per heavy atom. The fraction of sp³-hybridized carbons (Fsp3) is 0.258. The highest BCUT2D eigenvalue weighted by atomic mass is 16.4. The van der Waals surface area contributed by atoms with Crippen LogP contribution < -0.4 is 15.1 Å². The van der Waals surface area contributed by atoms with E-state index >= 15 is 0 Å². The average molecular weight is 510 g/mol. The summed E-state index contributed by atoms with van der Waals surface area (Å²) in [4.78, 5) is 42.6. The molecule has 2 atom stereocenters. The maximum atomic E-state index is 14.0. The number of anilines is 3. The molecule has 3 aromatic rings. The Balaban J connectivity index is 1.62. The van der Waals surface area contributed by atoms with Gasteiger partial charge in [0.15, 0.2) is 5.78 Å². The smallest absolute Gasteiger partial charge is 0.303 e. The average Bonchev–Trinajstić information content (AvgIpc) is 3.07. The predicted molar refractivity (Wildman–Crippen MR) is 148 cm³/mol. The van der Waals surface area contributed by atoms with Crippen molar-refractivity contribution in [3.63, 3.8) is 0 Å². The third kappa shape index (κ3) is 4.92. The van der Waals surface area contributed by atoms with Gasteiger partial charge in [-0.2, -0.15) is 0 Å². The Bertz CT molecular complexity index is 1400. The van der Waals surface area contributed by atoms with Gasteiger partial charge in [-0.1, -0.05) is 54.6 Å². The summed E-state index contributed by atoms with van der Waals surface area (Å²) in [6.45, 7) is 0. The summed E-state index contributed by atoms with van der Waals surface area (Å²) in [7, 11) is 3.99. The molecule has 0 spiro atoms. The summed E-state index contributed by atoms with van der Waals surface area (Å²) in [6.07, 6.45) is 0.512. The summed E-state index contributed by atoms with van der Waals surface area (Å²) in [5.41, 5.74) is 5.72. The Kier molecular flexibility index (Phi) is 7.01. The first-order valence-corrected chi connectivity index (χ1v) is 12.8. The van der Waals surface area contributed by atoms with Gasteiger partial charge in [-0.25, -0.2) is 0 Å². The number of carbonyl (C=O) groups excluding carboxylic acids is 2. The quantitative estimate of drug-likeness (QED) is 0.455. The normalized spacial score (nSPS) is 18.7. The number of nitrogens with one attached hydrogen (secondary N) is 1. The molecule has 0 unspecified atom stereocenters. The van der Waals surface area contributed by atoms with Crippen molar-refractivity contribution in [2.24, 2.45) is 0 Å². The molecule has 1 aliphatic carbocycles. The van der Waals surface area contributed by atoms with Gasteiger partial charge in [0.1, 0.15) is 0 Å². The van der Waals surface area contributed by atoms with Gasteiger partial charge in [0, 0.05) is 43.9 Å². The van der Waals surface area contributed by atoms with Gasteiger partial charge in [0.2, 0.25) is 5.91 Å². The lowest BCUT2D eigenvalue weighted by molar-refractivity contribution is -0.138. The first kappa shape index (κ1) is 25.3. The number of amides is 1. The maximum Gasteiger partial charge on any atom is 0.303 e. The highest BCUT2D eigenvalue weighted by molar-refractivity contribution is 6.06. The van der Waals surface area contributed by atoms with E-state index in [9.17, 15) is 19.5 Å². The molecule has 1 aliphatic heterocycles. The molecule has 0 radical (unpaired) electrons. The van der Waals surface area contributed by atoms with Crippen LogP contribution in [-0.4, -0.2) is 36.9 Å². The molecule has 0 saturated carbocycles. The highest BCUT2D eigenvalue weighted by Crippen LogP contribution is 2.47. The van der Waals surface area contributed by atoms with Crippen molar-refractivity contribution in [1.29, 1.82) is 0 Å². The van der Waals surface area contributed by atoms with Crippen molar-refractivity contribution in [3.8, 4) is 0 Å². The number of nitrogens with zero attached hydrogens (tertiary/aromatic N) is 2. The number of carboxylic acids is 1. The third-order valence-electron chi connectivity index (χ3n) is 7.31. The van der Waals surface area contributed by atoms with E-state index in [0.29, 0.717) is 24.1 Å². The van der Waals surface area contributed by atoms with Crippen LogP contribution in [0.5, 0.6) is 0 Å². The van der Waals surface area contributed by atoms with Crippen molar-refractivity contribution in [1.82, 2.24) is 0 Å². The fourth-order valence-electron chi connectivity index (χ4n) is 5.43. The van der Waals surface area contributed by atoms with Crippen LogP contribution in [0.4, 0.5) is 17.1 Å².